The Balaban J connectivity index is 2.30. The van der Waals surface area contributed by atoms with E-state index in [1.165, 1.54) is 15.7 Å². The highest BCUT2D eigenvalue weighted by Crippen LogP contribution is 2.53. The largest absolute Gasteiger partial charge is 0.389 e. The molecule has 0 radical (unpaired) electrons. The highest BCUT2D eigenvalue weighted by molar-refractivity contribution is 7.97. The Morgan fingerprint density at radius 2 is 1.81 bits per heavy atom. The van der Waals surface area contributed by atoms with Crippen molar-refractivity contribution in [1.29, 1.82) is 0 Å². The van der Waals surface area contributed by atoms with Crippen LogP contribution in [-0.4, -0.2) is 55.7 Å². The zero-order valence-electron chi connectivity index (χ0n) is 16.0. The van der Waals surface area contributed by atoms with Gasteiger partial charge in [-0.05, 0) is 34.6 Å². The number of aliphatic hydroxyl groups excluding tert-OH is 1. The second-order valence-electron chi connectivity index (χ2n) is 7.11. The van der Waals surface area contributed by atoms with E-state index in [0.29, 0.717) is 5.56 Å². The third-order valence-electron chi connectivity index (χ3n) is 3.97. The van der Waals surface area contributed by atoms with Crippen LogP contribution in [0.5, 0.6) is 0 Å². The normalized spacial score (nSPS) is 20.7. The first-order valence-corrected chi connectivity index (χ1v) is 10.7. The summed E-state index contributed by atoms with van der Waals surface area (Å²) in [6.07, 6.45) is -0.297. The second-order valence-corrected chi connectivity index (χ2v) is 9.64. The number of aryl methyl sites for hydroxylation is 1. The van der Waals surface area contributed by atoms with E-state index in [2.05, 4.69) is 4.98 Å². The van der Waals surface area contributed by atoms with Crippen molar-refractivity contribution in [1.82, 2.24) is 14.5 Å². The van der Waals surface area contributed by atoms with Crippen LogP contribution >= 0.6 is 19.8 Å². The number of likely N-dealkylation sites (tertiary alicyclic amines) is 1. The van der Waals surface area contributed by atoms with Gasteiger partial charge in [0.25, 0.3) is 5.56 Å². The van der Waals surface area contributed by atoms with E-state index in [9.17, 15) is 19.3 Å². The molecule has 0 bridgehead atoms. The van der Waals surface area contributed by atoms with Gasteiger partial charge in [0, 0.05) is 24.8 Å². The maximum Gasteiger partial charge on any atom is 0.388 e. The first-order valence-electron chi connectivity index (χ1n) is 8.71. The van der Waals surface area contributed by atoms with Gasteiger partial charge >= 0.3 is 13.3 Å². The minimum absolute atomic E-state index is 0.0272. The average molecular weight is 419 g/mol. The highest BCUT2D eigenvalue weighted by atomic mass is 32.1. The molecular weight excluding hydrogens is 393 g/mol. The number of nitrogens with one attached hydrogen (secondary N) is 1. The van der Waals surface area contributed by atoms with Crippen molar-refractivity contribution in [3.63, 3.8) is 0 Å². The molecule has 1 aliphatic rings. The van der Waals surface area contributed by atoms with Crippen LogP contribution in [0, 0.1) is 6.92 Å². The van der Waals surface area contributed by atoms with Gasteiger partial charge in [-0.15, -0.1) is 0 Å². The lowest BCUT2D eigenvalue weighted by Gasteiger charge is -2.28. The highest BCUT2D eigenvalue weighted by Gasteiger charge is 2.43. The molecule has 2 N–H and O–H groups in total. The molecule has 27 heavy (non-hydrogen) atoms. The predicted molar refractivity (Wildman–Crippen MR) is 105 cm³/mol. The van der Waals surface area contributed by atoms with E-state index in [0.717, 1.165) is 0 Å². The number of aromatic amines is 1. The molecule has 11 heteroatoms. The average Bonchev–Trinajstić information content (AvgIpc) is 2.90. The summed E-state index contributed by atoms with van der Waals surface area (Å²) in [5.74, 6) is 0. The number of rotatable bonds is 6. The molecule has 1 aliphatic heterocycles. The van der Waals surface area contributed by atoms with Crippen molar-refractivity contribution < 1.29 is 18.7 Å². The summed E-state index contributed by atoms with van der Waals surface area (Å²) in [6, 6.07) is -0.655. The Morgan fingerprint density at radius 3 is 2.33 bits per heavy atom. The van der Waals surface area contributed by atoms with Gasteiger partial charge in [0.2, 0.25) is 0 Å². The minimum Gasteiger partial charge on any atom is -0.389 e. The number of aromatic nitrogens is 2. The SMILES string of the molecule is Cc1cn(C2CN(C(=S)P(=O)(OC(C)C)OC(C)C)C[C@H]2O)c(=O)[nH]c1=O. The topological polar surface area (TPSA) is 114 Å². The molecule has 1 aromatic heterocycles. The number of aliphatic hydroxyl groups is 1. The molecule has 1 unspecified atom stereocenters. The van der Waals surface area contributed by atoms with E-state index in [1.54, 1.807) is 34.6 Å². The standard InChI is InChI=1S/C16H26N3O6PS/c1-9(2)24-26(23,25-10(3)4)16(27)18-7-12(13(20)8-18)19-6-11(5)14(21)17-15(19)22/h6,9-10,12-13,20H,7-8H2,1-5H3,(H,17,21,22)/t12?,13-/m1/s1. The number of nitrogens with zero attached hydrogens (tertiary/aromatic N) is 2. The molecule has 0 aromatic carbocycles. The third kappa shape index (κ3) is 4.94. The molecule has 0 amide bonds. The number of thiocarbonyl (C=S) groups is 1. The van der Waals surface area contributed by atoms with E-state index in [-0.39, 0.29) is 30.0 Å². The van der Waals surface area contributed by atoms with E-state index < -0.39 is 31.0 Å². The fourth-order valence-corrected chi connectivity index (χ4v) is 5.13. The van der Waals surface area contributed by atoms with Gasteiger partial charge in [-0.3, -0.25) is 18.9 Å². The molecule has 2 rings (SSSR count). The zero-order valence-corrected chi connectivity index (χ0v) is 17.8. The van der Waals surface area contributed by atoms with E-state index in [1.807, 2.05) is 0 Å². The van der Waals surface area contributed by atoms with Crippen LogP contribution in [0.1, 0.15) is 39.3 Å². The van der Waals surface area contributed by atoms with E-state index >= 15 is 0 Å². The Labute approximate surface area is 162 Å². The summed E-state index contributed by atoms with van der Waals surface area (Å²) in [5.41, 5.74) is -0.751. The summed E-state index contributed by atoms with van der Waals surface area (Å²) in [4.78, 5) is 27.4. The minimum atomic E-state index is -3.74. The van der Waals surface area contributed by atoms with Crippen LogP contribution in [0.4, 0.5) is 0 Å². The van der Waals surface area contributed by atoms with Gasteiger partial charge < -0.3 is 19.1 Å². The lowest BCUT2D eigenvalue weighted by atomic mass is 10.2. The van der Waals surface area contributed by atoms with Crippen molar-refractivity contribution >= 4 is 24.5 Å². The zero-order chi connectivity index (χ0) is 20.5. The lowest BCUT2D eigenvalue weighted by molar-refractivity contribution is 0.144. The summed E-state index contributed by atoms with van der Waals surface area (Å²) < 4.78 is 25.5. The fourth-order valence-electron chi connectivity index (χ4n) is 2.87. The first-order chi connectivity index (χ1) is 12.4. The Hall–Kier alpha value is -1.32. The molecule has 152 valence electrons. The summed E-state index contributed by atoms with van der Waals surface area (Å²) in [5, 5.41) is 10.5. The van der Waals surface area contributed by atoms with Crippen LogP contribution < -0.4 is 11.2 Å². The summed E-state index contributed by atoms with van der Waals surface area (Å²) in [6.45, 7) is 8.68. The summed E-state index contributed by atoms with van der Waals surface area (Å²) >= 11 is 5.38. The van der Waals surface area contributed by atoms with Gasteiger partial charge in [0.1, 0.15) is 0 Å². The monoisotopic (exact) mass is 419 g/mol. The number of H-pyrrole nitrogens is 1. The summed E-state index contributed by atoms with van der Waals surface area (Å²) in [7, 11) is -3.74. The van der Waals surface area contributed by atoms with Gasteiger partial charge in [-0.25, -0.2) is 4.79 Å². The van der Waals surface area contributed by atoms with Crippen LogP contribution in [-0.2, 0) is 13.6 Å². The Bertz CT molecular complexity index is 850. The molecule has 1 aromatic rings. The number of hydrogen-bond acceptors (Lipinski definition) is 7. The van der Waals surface area contributed by atoms with Crippen LogP contribution in [0.15, 0.2) is 15.8 Å². The number of β-amino-alcohol motifs (C(OH)–C–C–N with tert-alkyl or cyclic N) is 1. The fraction of sp³-hybridized carbons (Fsp3) is 0.688. The van der Waals surface area contributed by atoms with E-state index in [4.69, 9.17) is 21.3 Å². The van der Waals surface area contributed by atoms with Crippen molar-refractivity contribution in [2.75, 3.05) is 13.1 Å². The van der Waals surface area contributed by atoms with Gasteiger partial charge in [-0.1, -0.05) is 12.2 Å². The predicted octanol–water partition coefficient (Wildman–Crippen LogP) is 1.39. The molecule has 0 spiro atoms. The van der Waals surface area contributed by atoms with Crippen LogP contribution in [0.25, 0.3) is 0 Å². The molecule has 0 aliphatic carbocycles. The molecular formula is C16H26N3O6PS. The van der Waals surface area contributed by atoms with Gasteiger partial charge in [0.05, 0.1) is 24.4 Å². The maximum absolute atomic E-state index is 13.2. The first kappa shape index (κ1) is 22.0. The third-order valence-corrected chi connectivity index (χ3v) is 7.04. The van der Waals surface area contributed by atoms with Gasteiger partial charge in [-0.2, -0.15) is 0 Å². The van der Waals surface area contributed by atoms with Crippen LogP contribution in [0.2, 0.25) is 0 Å². The Kier molecular flexibility index (Phi) is 6.81. The number of hydrogen-bond donors (Lipinski definition) is 2. The molecule has 1 fully saturated rings. The van der Waals surface area contributed by atoms with Crippen LogP contribution in [0.3, 0.4) is 0 Å². The smallest absolute Gasteiger partial charge is 0.388 e. The molecule has 9 nitrogen and oxygen atoms in total. The van der Waals surface area contributed by atoms with Gasteiger partial charge in [0.15, 0.2) is 4.73 Å². The quantitative estimate of drug-likeness (QED) is 0.525. The maximum atomic E-state index is 13.2. The molecule has 2 heterocycles. The van der Waals surface area contributed by atoms with Crippen molar-refractivity contribution in [2.24, 2.45) is 0 Å². The Morgan fingerprint density at radius 1 is 1.26 bits per heavy atom. The molecule has 2 atom stereocenters. The lowest BCUT2D eigenvalue weighted by Crippen LogP contribution is -2.37. The van der Waals surface area contributed by atoms with Crippen molar-refractivity contribution in [2.45, 2.75) is 59.0 Å². The second kappa shape index (κ2) is 8.36. The molecule has 1 saturated heterocycles. The molecule has 0 saturated carbocycles. The van der Waals surface area contributed by atoms with Crippen molar-refractivity contribution in [3.05, 3.63) is 32.6 Å². The van der Waals surface area contributed by atoms with Crippen molar-refractivity contribution in [3.8, 4) is 0 Å².